The number of aliphatic hydroxyl groups excluding tert-OH is 1. The summed E-state index contributed by atoms with van der Waals surface area (Å²) in [6, 6.07) is 0. The van der Waals surface area contributed by atoms with Crippen molar-refractivity contribution >= 4 is 21.9 Å². The SMILES string of the molecule is Nc1c(N=O)cnn1CCO.O=S(=O)([O-])O.[H+]. The van der Waals surface area contributed by atoms with E-state index in [0.717, 1.165) is 0 Å². The molecular weight excluding hydrogens is 244 g/mol. The molecule has 0 aliphatic carbocycles. The molecule has 0 aromatic carbocycles. The van der Waals surface area contributed by atoms with Gasteiger partial charge in [0.25, 0.3) is 0 Å². The van der Waals surface area contributed by atoms with Gasteiger partial charge in [-0.05, 0) is 5.18 Å². The van der Waals surface area contributed by atoms with Crippen molar-refractivity contribution in [1.82, 2.24) is 9.78 Å². The molecule has 11 heteroatoms. The van der Waals surface area contributed by atoms with Gasteiger partial charge in [-0.3, -0.25) is 4.55 Å². The van der Waals surface area contributed by atoms with Crippen LogP contribution in [0.15, 0.2) is 11.4 Å². The Bertz CT molecular complexity index is 437. The van der Waals surface area contributed by atoms with Crippen molar-refractivity contribution < 1.29 is 24.1 Å². The molecule has 0 saturated carbocycles. The standard InChI is InChI=1S/C5H8N4O2.H2O4S/c6-5-4(8-11)3-7-9(5)1-2-10;1-5(2,3)4/h3,10H,1-2,6H2;(H2,1,2,3,4). The summed E-state index contributed by atoms with van der Waals surface area (Å²) >= 11 is 0. The molecule has 0 amide bonds. The van der Waals surface area contributed by atoms with E-state index in [1.807, 2.05) is 0 Å². The molecule has 16 heavy (non-hydrogen) atoms. The Labute approximate surface area is 91.7 Å². The molecule has 1 rings (SSSR count). The number of rotatable bonds is 3. The van der Waals surface area contributed by atoms with E-state index in [-0.39, 0.29) is 26.1 Å². The predicted molar refractivity (Wildman–Crippen MR) is 52.6 cm³/mol. The third kappa shape index (κ3) is 6.02. The lowest BCUT2D eigenvalue weighted by molar-refractivity contribution is 0.270. The molecule has 0 bridgehead atoms. The fourth-order valence-electron chi connectivity index (χ4n) is 0.728. The van der Waals surface area contributed by atoms with E-state index in [1.165, 1.54) is 10.9 Å². The number of nitroso groups, excluding NO2 is 1. The zero-order valence-corrected chi connectivity index (χ0v) is 8.66. The van der Waals surface area contributed by atoms with Gasteiger partial charge in [0.05, 0.1) is 19.3 Å². The Hall–Kier alpha value is -1.56. The van der Waals surface area contributed by atoms with Crippen molar-refractivity contribution in [3.8, 4) is 0 Å². The van der Waals surface area contributed by atoms with Crippen LogP contribution in [-0.2, 0) is 16.9 Å². The highest BCUT2D eigenvalue weighted by Gasteiger charge is 2.05. The van der Waals surface area contributed by atoms with Crippen LogP contribution in [0.4, 0.5) is 11.5 Å². The maximum Gasteiger partial charge on any atom is 1.00 e. The van der Waals surface area contributed by atoms with Gasteiger partial charge in [-0.25, -0.2) is 13.1 Å². The predicted octanol–water partition coefficient (Wildman–Crippen LogP) is -1.03. The van der Waals surface area contributed by atoms with Gasteiger partial charge in [0.15, 0.2) is 11.5 Å². The number of nitrogens with two attached hydrogens (primary N) is 1. The van der Waals surface area contributed by atoms with E-state index in [1.54, 1.807) is 0 Å². The molecule has 0 radical (unpaired) electrons. The number of anilines is 1. The summed E-state index contributed by atoms with van der Waals surface area (Å²) in [7, 11) is -4.92. The summed E-state index contributed by atoms with van der Waals surface area (Å²) in [5.41, 5.74) is 5.51. The second-order valence-electron chi connectivity index (χ2n) is 2.38. The molecule has 0 aliphatic rings. The minimum Gasteiger partial charge on any atom is -0.726 e. The van der Waals surface area contributed by atoms with Gasteiger partial charge in [-0.15, -0.1) is 4.91 Å². The van der Waals surface area contributed by atoms with Crippen LogP contribution in [0, 0.1) is 4.91 Å². The highest BCUT2D eigenvalue weighted by Crippen LogP contribution is 2.19. The quantitative estimate of drug-likeness (QED) is 0.349. The van der Waals surface area contributed by atoms with Crippen LogP contribution in [0.1, 0.15) is 1.43 Å². The second kappa shape index (κ2) is 6.12. The van der Waals surface area contributed by atoms with Gasteiger partial charge in [-0.2, -0.15) is 5.10 Å². The van der Waals surface area contributed by atoms with E-state index in [2.05, 4.69) is 10.3 Å². The number of nitrogen functional groups attached to an aromatic ring is 1. The normalized spacial score (nSPS) is 10.4. The fraction of sp³-hybridized carbons (Fsp3) is 0.400. The number of aromatic nitrogens is 2. The maximum atomic E-state index is 10.00. The van der Waals surface area contributed by atoms with Crippen molar-refractivity contribution in [2.45, 2.75) is 6.54 Å². The second-order valence-corrected chi connectivity index (χ2v) is 3.24. The van der Waals surface area contributed by atoms with E-state index < -0.39 is 10.4 Å². The van der Waals surface area contributed by atoms with Crippen LogP contribution in [-0.4, -0.2) is 39.0 Å². The third-order valence-corrected chi connectivity index (χ3v) is 1.27. The lowest BCUT2D eigenvalue weighted by atomic mass is 10.5. The van der Waals surface area contributed by atoms with E-state index in [0.29, 0.717) is 0 Å². The van der Waals surface area contributed by atoms with Gasteiger partial charge in [0.1, 0.15) is 0 Å². The first kappa shape index (κ1) is 14.4. The fourth-order valence-corrected chi connectivity index (χ4v) is 0.728. The van der Waals surface area contributed by atoms with Crippen LogP contribution in [0.3, 0.4) is 0 Å². The lowest BCUT2D eigenvalue weighted by Crippen LogP contribution is -2.07. The van der Waals surface area contributed by atoms with E-state index in [4.69, 9.17) is 28.4 Å². The number of hydrogen-bond donors (Lipinski definition) is 3. The van der Waals surface area contributed by atoms with Gasteiger partial charge < -0.3 is 15.4 Å². The molecule has 1 aromatic rings. The van der Waals surface area contributed by atoms with Crippen molar-refractivity contribution in [1.29, 1.82) is 0 Å². The summed E-state index contributed by atoms with van der Waals surface area (Å²) in [5.74, 6) is 0.189. The Kier molecular flexibility index (Phi) is 5.52. The van der Waals surface area contributed by atoms with Crippen molar-refractivity contribution in [2.24, 2.45) is 5.18 Å². The monoisotopic (exact) mass is 254 g/mol. The Balaban J connectivity index is 0. The maximum absolute atomic E-state index is 10.00. The molecular formula is C5H10N4O6S. The average Bonchev–Trinajstić information content (AvgIpc) is 2.46. The minimum atomic E-state index is -4.92. The summed E-state index contributed by atoms with van der Waals surface area (Å²) < 4.78 is 34.1. The smallest absolute Gasteiger partial charge is 0.726 e. The minimum absolute atomic E-state index is 0. The average molecular weight is 254 g/mol. The first-order valence-electron chi connectivity index (χ1n) is 3.73. The molecule has 0 atom stereocenters. The van der Waals surface area contributed by atoms with Gasteiger partial charge >= 0.3 is 1.43 Å². The molecule has 10 nitrogen and oxygen atoms in total. The Morgan fingerprint density at radius 3 is 2.50 bits per heavy atom. The largest absolute Gasteiger partial charge is 1.00 e. The van der Waals surface area contributed by atoms with Crippen LogP contribution >= 0.6 is 0 Å². The highest BCUT2D eigenvalue weighted by molar-refractivity contribution is 7.79. The summed E-state index contributed by atoms with van der Waals surface area (Å²) in [5, 5.41) is 14.8. The molecule has 1 heterocycles. The molecule has 0 aliphatic heterocycles. The first-order chi connectivity index (χ1) is 7.29. The molecule has 92 valence electrons. The van der Waals surface area contributed by atoms with Crippen LogP contribution < -0.4 is 5.73 Å². The zero-order chi connectivity index (χ0) is 12.8. The summed E-state index contributed by atoms with van der Waals surface area (Å²) in [4.78, 5) is 10.00. The molecule has 4 N–H and O–H groups in total. The van der Waals surface area contributed by atoms with Crippen molar-refractivity contribution in [3.05, 3.63) is 11.1 Å². The number of aliphatic hydroxyl groups is 1. The topological polar surface area (TPSA) is 171 Å². The molecule has 1 aromatic heterocycles. The number of hydrogen-bond acceptors (Lipinski definition) is 8. The molecule has 0 saturated heterocycles. The van der Waals surface area contributed by atoms with Gasteiger partial charge in [0, 0.05) is 0 Å². The van der Waals surface area contributed by atoms with Crippen LogP contribution in [0.2, 0.25) is 0 Å². The summed E-state index contributed by atoms with van der Waals surface area (Å²) in [6.45, 7) is 0.214. The molecule has 0 unspecified atom stereocenters. The molecule has 0 fully saturated rings. The zero-order valence-electron chi connectivity index (χ0n) is 8.85. The van der Waals surface area contributed by atoms with Gasteiger partial charge in [0.2, 0.25) is 10.4 Å². The van der Waals surface area contributed by atoms with Crippen LogP contribution in [0.5, 0.6) is 0 Å². The first-order valence-corrected chi connectivity index (χ1v) is 5.10. The Morgan fingerprint density at radius 2 is 2.19 bits per heavy atom. The third-order valence-electron chi connectivity index (χ3n) is 1.27. The van der Waals surface area contributed by atoms with Gasteiger partial charge in [-0.1, -0.05) is 0 Å². The van der Waals surface area contributed by atoms with E-state index >= 15 is 0 Å². The highest BCUT2D eigenvalue weighted by atomic mass is 32.3. The summed E-state index contributed by atoms with van der Waals surface area (Å²) in [6.07, 6.45) is 1.26. The van der Waals surface area contributed by atoms with Crippen LogP contribution in [0.25, 0.3) is 0 Å². The van der Waals surface area contributed by atoms with Crippen molar-refractivity contribution in [2.75, 3.05) is 12.3 Å². The lowest BCUT2D eigenvalue weighted by Gasteiger charge is -1.98. The van der Waals surface area contributed by atoms with Crippen molar-refractivity contribution in [3.63, 3.8) is 0 Å². The number of nitrogens with zero attached hydrogens (tertiary/aromatic N) is 3. The Morgan fingerprint density at radius 1 is 1.69 bits per heavy atom. The molecule has 0 spiro atoms. The van der Waals surface area contributed by atoms with E-state index in [9.17, 15) is 4.91 Å².